The van der Waals surface area contributed by atoms with Crippen molar-refractivity contribution in [1.29, 1.82) is 0 Å². The summed E-state index contributed by atoms with van der Waals surface area (Å²) in [6.07, 6.45) is 1.16. The fraction of sp³-hybridized carbons (Fsp3) is 0.412. The summed E-state index contributed by atoms with van der Waals surface area (Å²) >= 11 is 0. The maximum Gasteiger partial charge on any atom is 0.225 e. The lowest BCUT2D eigenvalue weighted by Crippen LogP contribution is -2.32. The van der Waals surface area contributed by atoms with Crippen molar-refractivity contribution in [2.24, 2.45) is 0 Å². The summed E-state index contributed by atoms with van der Waals surface area (Å²) in [5.74, 6) is 0.494. The minimum Gasteiger partial charge on any atom is -0.394 e. The Kier molecular flexibility index (Phi) is 5.33. The van der Waals surface area contributed by atoms with E-state index >= 15 is 0 Å². The molecule has 0 aliphatic rings. The van der Waals surface area contributed by atoms with E-state index in [0.29, 0.717) is 5.76 Å². The molecule has 1 amide bonds. The second-order valence-electron chi connectivity index (χ2n) is 5.38. The summed E-state index contributed by atoms with van der Waals surface area (Å²) in [6.45, 7) is 5.55. The monoisotopic (exact) mass is 302 g/mol. The summed E-state index contributed by atoms with van der Waals surface area (Å²) in [5, 5.41) is 16.2. The second-order valence-corrected chi connectivity index (χ2v) is 5.38. The minimum atomic E-state index is -0.404. The first-order valence-electron chi connectivity index (χ1n) is 7.46. The quantitative estimate of drug-likeness (QED) is 0.858. The van der Waals surface area contributed by atoms with E-state index < -0.39 is 6.04 Å². The molecule has 2 aromatic rings. The van der Waals surface area contributed by atoms with Crippen LogP contribution in [0.1, 0.15) is 41.1 Å². The topological polar surface area (TPSA) is 75.4 Å². The van der Waals surface area contributed by atoms with E-state index in [0.717, 1.165) is 23.2 Å². The van der Waals surface area contributed by atoms with Crippen molar-refractivity contribution in [3.8, 4) is 0 Å². The third kappa shape index (κ3) is 3.74. The molecule has 1 heterocycles. The van der Waals surface area contributed by atoms with Crippen LogP contribution in [0.5, 0.6) is 0 Å². The number of hydrogen-bond donors (Lipinski definition) is 2. The molecular weight excluding hydrogens is 280 g/mol. The van der Waals surface area contributed by atoms with Crippen molar-refractivity contribution in [1.82, 2.24) is 10.5 Å². The molecule has 1 atom stereocenters. The number of carbonyl (C=O) groups is 1. The Morgan fingerprint density at radius 2 is 2.00 bits per heavy atom. The fourth-order valence-electron chi connectivity index (χ4n) is 2.38. The molecule has 118 valence electrons. The van der Waals surface area contributed by atoms with E-state index in [2.05, 4.69) is 17.4 Å². The van der Waals surface area contributed by atoms with Gasteiger partial charge in [-0.25, -0.2) is 0 Å². The molecule has 5 heteroatoms. The van der Waals surface area contributed by atoms with Gasteiger partial charge in [0, 0.05) is 5.56 Å². The van der Waals surface area contributed by atoms with Gasteiger partial charge in [-0.2, -0.15) is 0 Å². The van der Waals surface area contributed by atoms with Gasteiger partial charge >= 0.3 is 0 Å². The zero-order valence-electron chi connectivity index (χ0n) is 13.2. The lowest BCUT2D eigenvalue weighted by molar-refractivity contribution is -0.121. The SMILES string of the molecule is CCc1ccc(C(CO)NC(=O)Cc2c(C)noc2C)cc1. The maximum absolute atomic E-state index is 12.2. The zero-order chi connectivity index (χ0) is 16.1. The van der Waals surface area contributed by atoms with E-state index in [9.17, 15) is 9.90 Å². The molecule has 22 heavy (non-hydrogen) atoms. The normalized spacial score (nSPS) is 12.2. The highest BCUT2D eigenvalue weighted by Crippen LogP contribution is 2.16. The van der Waals surface area contributed by atoms with Gasteiger partial charge < -0.3 is 14.9 Å². The van der Waals surface area contributed by atoms with E-state index in [1.807, 2.05) is 31.2 Å². The number of carbonyl (C=O) groups excluding carboxylic acids is 1. The molecule has 2 N–H and O–H groups in total. The number of amides is 1. The van der Waals surface area contributed by atoms with Crippen LogP contribution < -0.4 is 5.32 Å². The van der Waals surface area contributed by atoms with Gasteiger partial charge in [-0.3, -0.25) is 4.79 Å². The lowest BCUT2D eigenvalue weighted by atomic mass is 10.0. The number of rotatable bonds is 6. The predicted molar refractivity (Wildman–Crippen MR) is 83.5 cm³/mol. The largest absolute Gasteiger partial charge is 0.394 e. The number of nitrogens with one attached hydrogen (secondary N) is 1. The number of benzene rings is 1. The van der Waals surface area contributed by atoms with Crippen LogP contribution in [0, 0.1) is 13.8 Å². The summed E-state index contributed by atoms with van der Waals surface area (Å²) in [5.41, 5.74) is 3.64. The van der Waals surface area contributed by atoms with Crippen molar-refractivity contribution >= 4 is 5.91 Å². The number of aliphatic hydroxyl groups is 1. The van der Waals surface area contributed by atoms with Gasteiger partial charge in [0.2, 0.25) is 5.91 Å². The van der Waals surface area contributed by atoms with Crippen LogP contribution >= 0.6 is 0 Å². The standard InChI is InChI=1S/C17H22N2O3/c1-4-13-5-7-14(8-6-13)16(10-20)18-17(21)9-15-11(2)19-22-12(15)3/h5-8,16,20H,4,9-10H2,1-3H3,(H,18,21). The van der Waals surface area contributed by atoms with Gasteiger partial charge in [-0.05, 0) is 31.4 Å². The molecule has 0 saturated carbocycles. The third-order valence-corrected chi connectivity index (χ3v) is 3.83. The zero-order valence-corrected chi connectivity index (χ0v) is 13.2. The first kappa shape index (κ1) is 16.2. The van der Waals surface area contributed by atoms with Crippen LogP contribution in [0.15, 0.2) is 28.8 Å². The Morgan fingerprint density at radius 3 is 2.50 bits per heavy atom. The molecule has 0 saturated heterocycles. The molecule has 0 spiro atoms. The van der Waals surface area contributed by atoms with Gasteiger partial charge in [0.05, 0.1) is 24.8 Å². The number of aromatic nitrogens is 1. The fourth-order valence-corrected chi connectivity index (χ4v) is 2.38. The Hall–Kier alpha value is -2.14. The number of hydrogen-bond acceptors (Lipinski definition) is 4. The summed E-state index contributed by atoms with van der Waals surface area (Å²) in [4.78, 5) is 12.2. The Balaban J connectivity index is 2.04. The molecule has 0 aliphatic carbocycles. The molecule has 5 nitrogen and oxygen atoms in total. The van der Waals surface area contributed by atoms with Crippen molar-refractivity contribution in [2.75, 3.05) is 6.61 Å². The summed E-state index contributed by atoms with van der Waals surface area (Å²) in [6, 6.07) is 7.50. The lowest BCUT2D eigenvalue weighted by Gasteiger charge is -2.17. The van der Waals surface area contributed by atoms with Gasteiger partial charge in [0.25, 0.3) is 0 Å². The molecular formula is C17H22N2O3. The smallest absolute Gasteiger partial charge is 0.225 e. The molecule has 0 radical (unpaired) electrons. The highest BCUT2D eigenvalue weighted by Gasteiger charge is 2.17. The molecule has 1 aromatic carbocycles. The molecule has 0 bridgehead atoms. The van der Waals surface area contributed by atoms with Crippen LogP contribution in [0.3, 0.4) is 0 Å². The average Bonchev–Trinajstić information content (AvgIpc) is 2.84. The maximum atomic E-state index is 12.2. The van der Waals surface area contributed by atoms with E-state index in [1.165, 1.54) is 5.56 Å². The first-order chi connectivity index (χ1) is 10.5. The van der Waals surface area contributed by atoms with Gasteiger partial charge in [0.15, 0.2) is 0 Å². The third-order valence-electron chi connectivity index (χ3n) is 3.83. The second kappa shape index (κ2) is 7.22. The van der Waals surface area contributed by atoms with Gasteiger partial charge in [-0.1, -0.05) is 36.3 Å². The van der Waals surface area contributed by atoms with Crippen LogP contribution in [-0.4, -0.2) is 22.8 Å². The molecule has 0 fully saturated rings. The Bertz CT molecular complexity index is 612. The number of aryl methyl sites for hydroxylation is 3. The summed E-state index contributed by atoms with van der Waals surface area (Å²) in [7, 11) is 0. The van der Waals surface area contributed by atoms with E-state index in [4.69, 9.17) is 4.52 Å². The van der Waals surface area contributed by atoms with Crippen molar-refractivity contribution in [2.45, 2.75) is 39.7 Å². The first-order valence-corrected chi connectivity index (χ1v) is 7.46. The Labute approximate surface area is 130 Å². The highest BCUT2D eigenvalue weighted by molar-refractivity contribution is 5.79. The van der Waals surface area contributed by atoms with Crippen LogP contribution in [0.25, 0.3) is 0 Å². The van der Waals surface area contributed by atoms with Crippen LogP contribution in [-0.2, 0) is 17.6 Å². The van der Waals surface area contributed by atoms with E-state index in [-0.39, 0.29) is 18.9 Å². The number of nitrogens with zero attached hydrogens (tertiary/aromatic N) is 1. The van der Waals surface area contributed by atoms with Crippen LogP contribution in [0.2, 0.25) is 0 Å². The number of aliphatic hydroxyl groups excluding tert-OH is 1. The molecule has 1 unspecified atom stereocenters. The molecule has 0 aliphatic heterocycles. The minimum absolute atomic E-state index is 0.140. The molecule has 2 rings (SSSR count). The van der Waals surface area contributed by atoms with Crippen molar-refractivity contribution < 1.29 is 14.4 Å². The Morgan fingerprint density at radius 1 is 1.32 bits per heavy atom. The predicted octanol–water partition coefficient (Wildman–Crippen LogP) is 2.25. The summed E-state index contributed by atoms with van der Waals surface area (Å²) < 4.78 is 5.06. The van der Waals surface area contributed by atoms with Gasteiger partial charge in [0.1, 0.15) is 5.76 Å². The van der Waals surface area contributed by atoms with Crippen LogP contribution in [0.4, 0.5) is 0 Å². The van der Waals surface area contributed by atoms with Crippen molar-refractivity contribution in [3.05, 3.63) is 52.4 Å². The highest BCUT2D eigenvalue weighted by atomic mass is 16.5. The average molecular weight is 302 g/mol. The molecule has 1 aromatic heterocycles. The van der Waals surface area contributed by atoms with Crippen molar-refractivity contribution in [3.63, 3.8) is 0 Å². The van der Waals surface area contributed by atoms with Gasteiger partial charge in [-0.15, -0.1) is 0 Å². The van der Waals surface area contributed by atoms with E-state index in [1.54, 1.807) is 6.92 Å².